The first kappa shape index (κ1) is 16.8. The maximum absolute atomic E-state index is 12.2. The zero-order chi connectivity index (χ0) is 18.1. The molecule has 132 valence electrons. The number of carbonyl (C=O) groups excluding carboxylic acids is 1. The van der Waals surface area contributed by atoms with Gasteiger partial charge in [0.15, 0.2) is 5.13 Å². The van der Waals surface area contributed by atoms with Gasteiger partial charge in [-0.2, -0.15) is 0 Å². The molecule has 2 heterocycles. The predicted octanol–water partition coefficient (Wildman–Crippen LogP) is 4.89. The van der Waals surface area contributed by atoms with Gasteiger partial charge >= 0.3 is 0 Å². The van der Waals surface area contributed by atoms with Gasteiger partial charge in [0.1, 0.15) is 0 Å². The third kappa shape index (κ3) is 3.35. The van der Waals surface area contributed by atoms with Crippen molar-refractivity contribution in [1.29, 1.82) is 0 Å². The van der Waals surface area contributed by atoms with Gasteiger partial charge in [0, 0.05) is 23.2 Å². The van der Waals surface area contributed by atoms with Crippen LogP contribution in [0.1, 0.15) is 30.9 Å². The molecule has 1 aromatic heterocycles. The topological polar surface area (TPSA) is 45.2 Å². The number of nitrogens with one attached hydrogen (secondary N) is 1. The Balaban J connectivity index is 1.60. The van der Waals surface area contributed by atoms with Crippen LogP contribution in [0.2, 0.25) is 0 Å². The summed E-state index contributed by atoms with van der Waals surface area (Å²) in [5.41, 5.74) is 5.39. The third-order valence-corrected chi connectivity index (χ3v) is 5.52. The lowest BCUT2D eigenvalue weighted by Crippen LogP contribution is -2.29. The third-order valence-electron chi connectivity index (χ3n) is 4.62. The molecule has 1 N–H and O–H groups in total. The number of amides is 1. The Morgan fingerprint density at radius 3 is 2.62 bits per heavy atom. The van der Waals surface area contributed by atoms with E-state index >= 15 is 0 Å². The van der Waals surface area contributed by atoms with E-state index < -0.39 is 0 Å². The number of rotatable bonds is 3. The Hall–Kier alpha value is -2.66. The predicted molar refractivity (Wildman–Crippen MR) is 108 cm³/mol. The molecule has 0 bridgehead atoms. The van der Waals surface area contributed by atoms with Gasteiger partial charge in [0.2, 0.25) is 5.91 Å². The van der Waals surface area contributed by atoms with Gasteiger partial charge < -0.3 is 10.2 Å². The van der Waals surface area contributed by atoms with Crippen LogP contribution in [0.3, 0.4) is 0 Å². The minimum absolute atomic E-state index is 0.00649. The Morgan fingerprint density at radius 2 is 1.85 bits per heavy atom. The lowest BCUT2D eigenvalue weighted by Gasteiger charge is -2.18. The maximum atomic E-state index is 12.2. The van der Waals surface area contributed by atoms with E-state index in [4.69, 9.17) is 4.98 Å². The van der Waals surface area contributed by atoms with Crippen molar-refractivity contribution in [2.75, 3.05) is 16.8 Å². The highest BCUT2D eigenvalue weighted by Gasteiger charge is 2.21. The second kappa shape index (κ2) is 6.92. The molecule has 5 heteroatoms. The molecule has 26 heavy (non-hydrogen) atoms. The standard InChI is InChI=1S/C21H21N3OS/c1-14(2)15-7-9-16(10-8-15)19-13-26-21(23-19)24-11-17-5-3-4-6-18(17)22-20(25)12-24/h3-10,13-14H,11-12H2,1-2H3,(H,22,25). The van der Waals surface area contributed by atoms with Crippen molar-refractivity contribution < 1.29 is 4.79 Å². The van der Waals surface area contributed by atoms with Crippen LogP contribution >= 0.6 is 11.3 Å². The van der Waals surface area contributed by atoms with Crippen molar-refractivity contribution in [3.63, 3.8) is 0 Å². The summed E-state index contributed by atoms with van der Waals surface area (Å²) >= 11 is 1.58. The van der Waals surface area contributed by atoms with E-state index in [0.29, 0.717) is 19.0 Å². The highest BCUT2D eigenvalue weighted by molar-refractivity contribution is 7.14. The zero-order valence-electron chi connectivity index (χ0n) is 14.9. The fourth-order valence-electron chi connectivity index (χ4n) is 3.12. The van der Waals surface area contributed by atoms with Crippen LogP contribution in [0, 0.1) is 0 Å². The zero-order valence-corrected chi connectivity index (χ0v) is 15.7. The smallest absolute Gasteiger partial charge is 0.244 e. The van der Waals surface area contributed by atoms with Gasteiger partial charge in [-0.05, 0) is 23.1 Å². The summed E-state index contributed by atoms with van der Waals surface area (Å²) in [6.07, 6.45) is 0. The molecule has 1 amide bonds. The number of para-hydroxylation sites is 1. The van der Waals surface area contributed by atoms with E-state index in [-0.39, 0.29) is 5.91 Å². The fourth-order valence-corrected chi connectivity index (χ4v) is 3.96. The molecule has 4 rings (SSSR count). The van der Waals surface area contributed by atoms with Crippen molar-refractivity contribution in [2.45, 2.75) is 26.3 Å². The number of carbonyl (C=O) groups is 1. The van der Waals surface area contributed by atoms with E-state index in [1.165, 1.54) is 5.56 Å². The molecule has 0 fully saturated rings. The van der Waals surface area contributed by atoms with Crippen LogP contribution in [0.5, 0.6) is 0 Å². The van der Waals surface area contributed by atoms with Crippen molar-refractivity contribution in [3.05, 3.63) is 65.0 Å². The molecule has 0 radical (unpaired) electrons. The van der Waals surface area contributed by atoms with Crippen LogP contribution in [0.4, 0.5) is 10.8 Å². The highest BCUT2D eigenvalue weighted by atomic mass is 32.1. The maximum Gasteiger partial charge on any atom is 0.244 e. The summed E-state index contributed by atoms with van der Waals surface area (Å²) in [4.78, 5) is 19.1. The van der Waals surface area contributed by atoms with Crippen molar-refractivity contribution in [3.8, 4) is 11.3 Å². The monoisotopic (exact) mass is 363 g/mol. The van der Waals surface area contributed by atoms with E-state index in [2.05, 4.69) is 48.8 Å². The van der Waals surface area contributed by atoms with E-state index in [9.17, 15) is 4.79 Å². The van der Waals surface area contributed by atoms with Crippen LogP contribution < -0.4 is 10.2 Å². The first-order valence-corrected chi connectivity index (χ1v) is 9.66. The number of aromatic nitrogens is 1. The average Bonchev–Trinajstić information content (AvgIpc) is 3.06. The summed E-state index contributed by atoms with van der Waals surface area (Å²) in [6.45, 7) is 5.37. The Morgan fingerprint density at radius 1 is 1.08 bits per heavy atom. The molecule has 0 saturated heterocycles. The van der Waals surface area contributed by atoms with Crippen molar-refractivity contribution in [1.82, 2.24) is 4.98 Å². The van der Waals surface area contributed by atoms with Crippen molar-refractivity contribution >= 4 is 28.1 Å². The Kier molecular flexibility index (Phi) is 4.47. The SMILES string of the molecule is CC(C)c1ccc(-c2csc(N3CC(=O)Nc4ccccc4C3)n2)cc1. The largest absolute Gasteiger partial charge is 0.334 e. The van der Waals surface area contributed by atoms with Crippen LogP contribution in [0.15, 0.2) is 53.9 Å². The molecule has 1 aliphatic heterocycles. The fraction of sp³-hybridized carbons (Fsp3) is 0.238. The van der Waals surface area contributed by atoms with E-state index in [1.54, 1.807) is 11.3 Å². The van der Waals surface area contributed by atoms with E-state index in [0.717, 1.165) is 27.6 Å². The summed E-state index contributed by atoms with van der Waals surface area (Å²) in [6, 6.07) is 16.5. The quantitative estimate of drug-likeness (QED) is 0.720. The molecular formula is C21H21N3OS. The lowest BCUT2D eigenvalue weighted by molar-refractivity contribution is -0.114. The summed E-state index contributed by atoms with van der Waals surface area (Å²) in [5, 5.41) is 5.91. The van der Waals surface area contributed by atoms with Gasteiger partial charge in [-0.15, -0.1) is 11.3 Å². The van der Waals surface area contributed by atoms with Crippen LogP contribution in [0.25, 0.3) is 11.3 Å². The molecular weight excluding hydrogens is 342 g/mol. The number of hydrogen-bond donors (Lipinski definition) is 1. The Labute approximate surface area is 157 Å². The molecule has 0 saturated carbocycles. The molecule has 0 atom stereocenters. The summed E-state index contributed by atoms with van der Waals surface area (Å²) in [5.74, 6) is 0.513. The summed E-state index contributed by atoms with van der Waals surface area (Å²) < 4.78 is 0. The number of benzene rings is 2. The molecule has 2 aromatic carbocycles. The van der Waals surface area contributed by atoms with Crippen LogP contribution in [-0.2, 0) is 11.3 Å². The van der Waals surface area contributed by atoms with Gasteiger partial charge in [0.25, 0.3) is 0 Å². The number of nitrogens with zero attached hydrogens (tertiary/aromatic N) is 2. The number of fused-ring (bicyclic) bond motifs is 1. The van der Waals surface area contributed by atoms with E-state index in [1.807, 2.05) is 29.2 Å². The minimum atomic E-state index is -0.00649. The second-order valence-corrected chi connectivity index (χ2v) is 7.69. The molecule has 1 aliphatic rings. The van der Waals surface area contributed by atoms with Gasteiger partial charge in [-0.25, -0.2) is 4.98 Å². The molecule has 3 aromatic rings. The first-order chi connectivity index (χ1) is 12.6. The normalized spacial score (nSPS) is 14.1. The number of hydrogen-bond acceptors (Lipinski definition) is 4. The van der Waals surface area contributed by atoms with Crippen molar-refractivity contribution in [2.24, 2.45) is 0 Å². The average molecular weight is 363 g/mol. The second-order valence-electron chi connectivity index (χ2n) is 6.85. The molecule has 0 spiro atoms. The number of thiazole rings is 1. The minimum Gasteiger partial charge on any atom is -0.334 e. The van der Waals surface area contributed by atoms with Gasteiger partial charge in [-0.3, -0.25) is 4.79 Å². The summed E-state index contributed by atoms with van der Waals surface area (Å²) in [7, 11) is 0. The highest BCUT2D eigenvalue weighted by Crippen LogP contribution is 2.31. The van der Waals surface area contributed by atoms with Gasteiger partial charge in [-0.1, -0.05) is 56.3 Å². The lowest BCUT2D eigenvalue weighted by atomic mass is 10.0. The number of anilines is 2. The Bertz CT molecular complexity index is 930. The van der Waals surface area contributed by atoms with Gasteiger partial charge in [0.05, 0.1) is 12.2 Å². The molecule has 4 nitrogen and oxygen atoms in total. The first-order valence-electron chi connectivity index (χ1n) is 8.79. The molecule has 0 unspecified atom stereocenters. The van der Waals surface area contributed by atoms with Crippen LogP contribution in [-0.4, -0.2) is 17.4 Å². The molecule has 0 aliphatic carbocycles.